The van der Waals surface area contributed by atoms with E-state index in [0.29, 0.717) is 4.90 Å². The Morgan fingerprint density at radius 3 is 2.34 bits per heavy atom. The molecule has 2 amide bonds. The zero-order chi connectivity index (χ0) is 30.0. The highest BCUT2D eigenvalue weighted by Crippen LogP contribution is 2.31. The summed E-state index contributed by atoms with van der Waals surface area (Å²) in [6.45, 7) is -1.59. The van der Waals surface area contributed by atoms with Crippen LogP contribution in [-0.4, -0.2) is 63.6 Å². The van der Waals surface area contributed by atoms with Crippen LogP contribution in [-0.2, 0) is 30.4 Å². The number of halogens is 3. The molecule has 0 radical (unpaired) electrons. The Balaban J connectivity index is 1.35. The molecule has 4 rings (SSSR count). The summed E-state index contributed by atoms with van der Waals surface area (Å²) >= 11 is 0.865. The molecule has 1 saturated heterocycles. The number of aromatic nitrogens is 1. The largest absolute Gasteiger partial charge is 0.342 e. The lowest BCUT2D eigenvalue weighted by Gasteiger charge is -2.19. The number of nitrogens with one attached hydrogen (secondary N) is 2. The molecular weight excluding hydrogens is 607 g/mol. The average Bonchev–Trinajstić information content (AvgIpc) is 3.50. The summed E-state index contributed by atoms with van der Waals surface area (Å²) in [5.41, 5.74) is -0.128. The minimum absolute atomic E-state index is 0.0475. The van der Waals surface area contributed by atoms with Crippen molar-refractivity contribution in [2.75, 3.05) is 17.8 Å². The van der Waals surface area contributed by atoms with Gasteiger partial charge in [0.05, 0.1) is 28.9 Å². The summed E-state index contributed by atoms with van der Waals surface area (Å²) in [7, 11) is -8.01. The standard InChI is InChI=1S/C24H20F3N5O6S3/c25-15-1-5-19(6-2-15)41(37,38)31-16-3-7-18(8-4-16)40(35,36)13-21-30-20(12-39-21)23(34)29-11-22(33)32-14-24(26,27)9-17(32)10-28/h1-8,12,17,31H,9,11,13-14H2,(H,29,34)/t17-/m0/s1. The highest BCUT2D eigenvalue weighted by molar-refractivity contribution is 7.92. The van der Waals surface area contributed by atoms with Gasteiger partial charge in [0.25, 0.3) is 21.9 Å². The van der Waals surface area contributed by atoms with Gasteiger partial charge in [0.1, 0.15) is 28.3 Å². The number of rotatable bonds is 9. The molecule has 11 nitrogen and oxygen atoms in total. The highest BCUT2D eigenvalue weighted by Gasteiger charge is 2.47. The first kappa shape index (κ1) is 30.0. The molecular formula is C24H20F3N5O6S3. The van der Waals surface area contributed by atoms with Crippen LogP contribution >= 0.6 is 11.3 Å². The van der Waals surface area contributed by atoms with Gasteiger partial charge >= 0.3 is 0 Å². The highest BCUT2D eigenvalue weighted by atomic mass is 32.2. The fourth-order valence-electron chi connectivity index (χ4n) is 3.83. The quantitative estimate of drug-likeness (QED) is 0.365. The monoisotopic (exact) mass is 627 g/mol. The van der Waals surface area contributed by atoms with E-state index in [-0.39, 0.29) is 26.2 Å². The van der Waals surface area contributed by atoms with Crippen LogP contribution in [0.25, 0.3) is 0 Å². The molecule has 1 aliphatic heterocycles. The first-order valence-electron chi connectivity index (χ1n) is 11.6. The van der Waals surface area contributed by atoms with Gasteiger partial charge in [0.15, 0.2) is 9.84 Å². The number of carbonyl (C=O) groups is 2. The van der Waals surface area contributed by atoms with E-state index in [1.807, 2.05) is 0 Å². The number of sulfone groups is 1. The van der Waals surface area contributed by atoms with Crippen LogP contribution in [0.5, 0.6) is 0 Å². The molecule has 216 valence electrons. The van der Waals surface area contributed by atoms with Crippen molar-refractivity contribution in [3.63, 3.8) is 0 Å². The van der Waals surface area contributed by atoms with Crippen molar-refractivity contribution >= 4 is 48.7 Å². The number of hydrogen-bond donors (Lipinski definition) is 2. The number of likely N-dealkylation sites (tertiary alicyclic amines) is 1. The number of thiazole rings is 1. The Morgan fingerprint density at radius 1 is 1.07 bits per heavy atom. The van der Waals surface area contributed by atoms with Gasteiger partial charge in [-0.2, -0.15) is 5.26 Å². The maximum absolute atomic E-state index is 13.5. The molecule has 1 aliphatic rings. The lowest BCUT2D eigenvalue weighted by Crippen LogP contribution is -2.43. The molecule has 41 heavy (non-hydrogen) atoms. The summed E-state index contributed by atoms with van der Waals surface area (Å²) in [5.74, 6) is -6.10. The number of alkyl halides is 2. The molecule has 2 N–H and O–H groups in total. The van der Waals surface area contributed by atoms with E-state index in [1.165, 1.54) is 29.6 Å². The second-order valence-corrected chi connectivity index (χ2v) is 13.5. The van der Waals surface area contributed by atoms with E-state index >= 15 is 0 Å². The molecule has 0 saturated carbocycles. The van der Waals surface area contributed by atoms with Crippen molar-refractivity contribution in [2.24, 2.45) is 0 Å². The van der Waals surface area contributed by atoms with Crippen molar-refractivity contribution in [1.82, 2.24) is 15.2 Å². The Morgan fingerprint density at radius 2 is 1.71 bits per heavy atom. The van der Waals surface area contributed by atoms with Gasteiger partial charge in [-0.1, -0.05) is 0 Å². The maximum Gasteiger partial charge on any atom is 0.271 e. The predicted octanol–water partition coefficient (Wildman–Crippen LogP) is 2.55. The average molecular weight is 628 g/mol. The lowest BCUT2D eigenvalue weighted by atomic mass is 10.2. The third kappa shape index (κ3) is 7.20. The summed E-state index contributed by atoms with van der Waals surface area (Å²) < 4.78 is 93.0. The van der Waals surface area contributed by atoms with Gasteiger partial charge in [0.2, 0.25) is 5.91 Å². The zero-order valence-electron chi connectivity index (χ0n) is 20.8. The zero-order valence-corrected chi connectivity index (χ0v) is 23.2. The molecule has 2 heterocycles. The first-order chi connectivity index (χ1) is 19.2. The van der Waals surface area contributed by atoms with Gasteiger partial charge < -0.3 is 10.2 Å². The Kier molecular flexibility index (Phi) is 8.38. The molecule has 1 aromatic heterocycles. The van der Waals surface area contributed by atoms with Crippen molar-refractivity contribution in [3.05, 3.63) is 70.4 Å². The van der Waals surface area contributed by atoms with Crippen molar-refractivity contribution in [1.29, 1.82) is 5.26 Å². The lowest BCUT2D eigenvalue weighted by molar-refractivity contribution is -0.131. The molecule has 3 aromatic rings. The minimum Gasteiger partial charge on any atom is -0.342 e. The number of hydrogen-bond acceptors (Lipinski definition) is 9. The Bertz CT molecular complexity index is 1720. The van der Waals surface area contributed by atoms with E-state index < -0.39 is 74.7 Å². The second-order valence-electron chi connectivity index (χ2n) is 8.88. The van der Waals surface area contributed by atoms with Crippen molar-refractivity contribution in [3.8, 4) is 6.07 Å². The van der Waals surface area contributed by atoms with Crippen LogP contribution in [0, 0.1) is 17.1 Å². The smallest absolute Gasteiger partial charge is 0.271 e. The Labute approximate surface area is 236 Å². The van der Waals surface area contributed by atoms with Gasteiger partial charge in [-0.3, -0.25) is 14.3 Å². The fraction of sp³-hybridized carbons (Fsp3) is 0.250. The number of sulfonamides is 1. The van der Waals surface area contributed by atoms with Crippen LogP contribution < -0.4 is 10.0 Å². The van der Waals surface area contributed by atoms with E-state index in [0.717, 1.165) is 35.6 Å². The van der Waals surface area contributed by atoms with Gasteiger partial charge in [-0.15, -0.1) is 11.3 Å². The van der Waals surface area contributed by atoms with Crippen LogP contribution in [0.1, 0.15) is 21.9 Å². The van der Waals surface area contributed by atoms with Gasteiger partial charge in [-0.25, -0.2) is 35.0 Å². The molecule has 1 atom stereocenters. The van der Waals surface area contributed by atoms with E-state index in [2.05, 4.69) is 15.0 Å². The third-order valence-electron chi connectivity index (χ3n) is 5.83. The topological polar surface area (TPSA) is 166 Å². The fourth-order valence-corrected chi connectivity index (χ4v) is 7.29. The predicted molar refractivity (Wildman–Crippen MR) is 140 cm³/mol. The number of benzene rings is 2. The molecule has 0 aliphatic carbocycles. The van der Waals surface area contributed by atoms with Crippen LogP contribution in [0.4, 0.5) is 18.9 Å². The van der Waals surface area contributed by atoms with E-state index in [1.54, 1.807) is 6.07 Å². The molecule has 0 unspecified atom stereocenters. The third-order valence-corrected chi connectivity index (χ3v) is 9.90. The number of amides is 2. The molecule has 1 fully saturated rings. The maximum atomic E-state index is 13.5. The second kappa shape index (κ2) is 11.5. The van der Waals surface area contributed by atoms with Crippen LogP contribution in [0.15, 0.2) is 63.7 Å². The number of anilines is 1. The van der Waals surface area contributed by atoms with Crippen LogP contribution in [0.3, 0.4) is 0 Å². The number of carbonyl (C=O) groups excluding carboxylic acids is 2. The molecule has 17 heteroatoms. The molecule has 2 aromatic carbocycles. The number of nitriles is 1. The summed E-state index contributed by atoms with van der Waals surface area (Å²) in [4.78, 5) is 29.0. The molecule has 0 spiro atoms. The van der Waals surface area contributed by atoms with Gasteiger partial charge in [-0.05, 0) is 48.5 Å². The summed E-state index contributed by atoms with van der Waals surface area (Å²) in [6.07, 6.45) is -0.790. The summed E-state index contributed by atoms with van der Waals surface area (Å²) in [5, 5.41) is 12.5. The molecule has 0 bridgehead atoms. The van der Waals surface area contributed by atoms with E-state index in [9.17, 15) is 39.6 Å². The normalized spacial score (nSPS) is 16.6. The van der Waals surface area contributed by atoms with Crippen LogP contribution in [0.2, 0.25) is 0 Å². The Hall–Kier alpha value is -4.01. The number of nitrogens with zero attached hydrogens (tertiary/aromatic N) is 3. The minimum atomic E-state index is -4.04. The van der Waals surface area contributed by atoms with E-state index in [4.69, 9.17) is 5.26 Å². The van der Waals surface area contributed by atoms with Crippen molar-refractivity contribution in [2.45, 2.75) is 33.9 Å². The summed E-state index contributed by atoms with van der Waals surface area (Å²) in [6, 6.07) is 9.29. The SMILES string of the molecule is N#C[C@@H]1CC(F)(F)CN1C(=O)CNC(=O)c1csc(CS(=O)(=O)c2ccc(NS(=O)(=O)c3ccc(F)cc3)cc2)n1. The van der Waals surface area contributed by atoms with Crippen molar-refractivity contribution < 1.29 is 39.6 Å². The van der Waals surface area contributed by atoms with Gasteiger partial charge in [0, 0.05) is 17.5 Å². The first-order valence-corrected chi connectivity index (χ1v) is 15.6.